The first-order chi connectivity index (χ1) is 11.0. The zero-order valence-corrected chi connectivity index (χ0v) is 13.4. The maximum Gasteiger partial charge on any atom is 0.339 e. The second kappa shape index (κ2) is 7.51. The number of amides is 2. The fourth-order valence-corrected chi connectivity index (χ4v) is 2.07. The Morgan fingerprint density at radius 2 is 2.09 bits per heavy atom. The molecule has 0 bridgehead atoms. The number of methoxy groups -OCH3 is 1. The van der Waals surface area contributed by atoms with Crippen LogP contribution in [-0.2, 0) is 0 Å². The Balaban J connectivity index is 2.00. The number of urea groups is 1. The van der Waals surface area contributed by atoms with E-state index in [0.29, 0.717) is 11.3 Å². The number of benzene rings is 2. The Morgan fingerprint density at radius 3 is 2.78 bits per heavy atom. The van der Waals surface area contributed by atoms with Gasteiger partial charge in [0.05, 0.1) is 18.3 Å². The van der Waals surface area contributed by atoms with Gasteiger partial charge in [0, 0.05) is 5.69 Å². The van der Waals surface area contributed by atoms with Gasteiger partial charge in [0.1, 0.15) is 0 Å². The van der Waals surface area contributed by atoms with E-state index in [2.05, 4.69) is 15.8 Å². The minimum atomic E-state index is -0.465. The Morgan fingerprint density at radius 1 is 1.35 bits per heavy atom. The van der Waals surface area contributed by atoms with E-state index in [0.717, 1.165) is 5.56 Å². The molecule has 0 fully saturated rings. The number of anilines is 1. The van der Waals surface area contributed by atoms with E-state index in [1.165, 1.54) is 19.4 Å². The van der Waals surface area contributed by atoms with Crippen LogP contribution in [0.2, 0.25) is 5.02 Å². The van der Waals surface area contributed by atoms with Crippen molar-refractivity contribution in [2.75, 3.05) is 12.4 Å². The number of carbonyl (C=O) groups is 1. The molecule has 0 radical (unpaired) electrons. The van der Waals surface area contributed by atoms with Crippen molar-refractivity contribution in [3.05, 3.63) is 52.5 Å². The van der Waals surface area contributed by atoms with Gasteiger partial charge in [-0.15, -0.1) is 0 Å². The first-order valence-corrected chi connectivity index (χ1v) is 7.11. The molecule has 0 saturated heterocycles. The summed E-state index contributed by atoms with van der Waals surface area (Å²) in [5.41, 5.74) is 4.57. The highest BCUT2D eigenvalue weighted by molar-refractivity contribution is 6.32. The van der Waals surface area contributed by atoms with Crippen LogP contribution in [0, 0.1) is 6.92 Å². The van der Waals surface area contributed by atoms with Gasteiger partial charge < -0.3 is 15.2 Å². The van der Waals surface area contributed by atoms with E-state index in [-0.39, 0.29) is 16.5 Å². The lowest BCUT2D eigenvalue weighted by molar-refractivity contribution is 0.252. The summed E-state index contributed by atoms with van der Waals surface area (Å²) in [6.45, 7) is 1.89. The summed E-state index contributed by atoms with van der Waals surface area (Å²) >= 11 is 5.87. The van der Waals surface area contributed by atoms with Crippen molar-refractivity contribution in [2.45, 2.75) is 6.92 Å². The Bertz CT molecular complexity index is 747. The average molecular weight is 334 g/mol. The fourth-order valence-electron chi connectivity index (χ4n) is 1.85. The van der Waals surface area contributed by atoms with Crippen LogP contribution in [0.3, 0.4) is 0 Å². The standard InChI is InChI=1S/C16H16ClN3O3/c1-10-5-3-4-6-13(10)19-16(22)20-18-9-11-7-12(17)15(21)14(8-11)23-2/h3-9,21H,1-2H3,(H2,19,20,22). The monoisotopic (exact) mass is 333 g/mol. The Hall–Kier alpha value is -2.73. The number of hydrogen-bond acceptors (Lipinski definition) is 4. The van der Waals surface area contributed by atoms with E-state index in [4.69, 9.17) is 16.3 Å². The van der Waals surface area contributed by atoms with Crippen molar-refractivity contribution in [1.82, 2.24) is 5.43 Å². The molecule has 2 amide bonds. The summed E-state index contributed by atoms with van der Waals surface area (Å²) in [6, 6.07) is 9.99. The zero-order chi connectivity index (χ0) is 16.8. The molecule has 2 aromatic carbocycles. The number of para-hydroxylation sites is 1. The third-order valence-corrected chi connectivity index (χ3v) is 3.33. The number of phenolic OH excluding ortho intramolecular Hbond substituents is 1. The largest absolute Gasteiger partial charge is 0.503 e. The summed E-state index contributed by atoms with van der Waals surface area (Å²) in [5, 5.41) is 16.3. The maximum atomic E-state index is 11.8. The molecule has 0 spiro atoms. The third-order valence-electron chi connectivity index (χ3n) is 3.04. The minimum Gasteiger partial charge on any atom is -0.503 e. The van der Waals surface area contributed by atoms with E-state index in [1.54, 1.807) is 12.1 Å². The van der Waals surface area contributed by atoms with Gasteiger partial charge in [-0.25, -0.2) is 10.2 Å². The molecular weight excluding hydrogens is 318 g/mol. The predicted octanol–water partition coefficient (Wildman–Crippen LogP) is 3.52. The number of aryl methyl sites for hydroxylation is 1. The van der Waals surface area contributed by atoms with Gasteiger partial charge in [-0.05, 0) is 36.2 Å². The quantitative estimate of drug-likeness (QED) is 0.591. The number of rotatable bonds is 4. The van der Waals surface area contributed by atoms with Crippen molar-refractivity contribution >= 4 is 29.5 Å². The number of nitrogens with zero attached hydrogens (tertiary/aromatic N) is 1. The second-order valence-corrected chi connectivity index (χ2v) is 5.10. The van der Waals surface area contributed by atoms with Crippen LogP contribution in [-0.4, -0.2) is 24.5 Å². The van der Waals surface area contributed by atoms with Gasteiger partial charge in [0.15, 0.2) is 11.5 Å². The van der Waals surface area contributed by atoms with Gasteiger partial charge in [0.2, 0.25) is 0 Å². The summed E-state index contributed by atoms with van der Waals surface area (Å²) in [7, 11) is 1.42. The highest BCUT2D eigenvalue weighted by atomic mass is 35.5. The van der Waals surface area contributed by atoms with Crippen molar-refractivity contribution in [3.63, 3.8) is 0 Å². The lowest BCUT2D eigenvalue weighted by Crippen LogP contribution is -2.24. The Kier molecular flexibility index (Phi) is 5.43. The molecule has 0 aliphatic carbocycles. The summed E-state index contributed by atoms with van der Waals surface area (Å²) in [4.78, 5) is 11.8. The molecule has 6 nitrogen and oxygen atoms in total. The van der Waals surface area contributed by atoms with Gasteiger partial charge in [-0.3, -0.25) is 0 Å². The normalized spacial score (nSPS) is 10.6. The summed E-state index contributed by atoms with van der Waals surface area (Å²) < 4.78 is 4.99. The zero-order valence-electron chi connectivity index (χ0n) is 12.6. The van der Waals surface area contributed by atoms with Crippen LogP contribution in [0.5, 0.6) is 11.5 Å². The van der Waals surface area contributed by atoms with E-state index >= 15 is 0 Å². The van der Waals surface area contributed by atoms with Crippen LogP contribution >= 0.6 is 11.6 Å². The third kappa shape index (κ3) is 4.37. The predicted molar refractivity (Wildman–Crippen MR) is 90.6 cm³/mol. The molecule has 7 heteroatoms. The molecule has 0 aromatic heterocycles. The molecule has 0 atom stereocenters. The van der Waals surface area contributed by atoms with E-state index < -0.39 is 6.03 Å². The molecule has 0 heterocycles. The van der Waals surface area contributed by atoms with Crippen molar-refractivity contribution < 1.29 is 14.6 Å². The molecule has 0 unspecified atom stereocenters. The maximum absolute atomic E-state index is 11.8. The number of nitrogens with one attached hydrogen (secondary N) is 2. The number of phenols is 1. The van der Waals surface area contributed by atoms with Crippen LogP contribution < -0.4 is 15.5 Å². The highest BCUT2D eigenvalue weighted by Crippen LogP contribution is 2.34. The Labute approximate surface area is 138 Å². The first kappa shape index (κ1) is 16.6. The van der Waals surface area contributed by atoms with Crippen LogP contribution in [0.25, 0.3) is 0 Å². The second-order valence-electron chi connectivity index (χ2n) is 4.69. The van der Waals surface area contributed by atoms with Gasteiger partial charge in [0.25, 0.3) is 0 Å². The molecule has 3 N–H and O–H groups in total. The molecular formula is C16H16ClN3O3. The van der Waals surface area contributed by atoms with Crippen molar-refractivity contribution in [1.29, 1.82) is 0 Å². The van der Waals surface area contributed by atoms with Gasteiger partial charge in [-0.1, -0.05) is 29.8 Å². The number of hydrogen-bond donors (Lipinski definition) is 3. The summed E-state index contributed by atoms with van der Waals surface area (Å²) in [5.74, 6) is 0.0832. The smallest absolute Gasteiger partial charge is 0.339 e. The topological polar surface area (TPSA) is 83.0 Å². The number of halogens is 1. The molecule has 0 aliphatic rings. The fraction of sp³-hybridized carbons (Fsp3) is 0.125. The number of hydrazone groups is 1. The van der Waals surface area contributed by atoms with Crippen molar-refractivity contribution in [3.8, 4) is 11.5 Å². The molecule has 0 aliphatic heterocycles. The van der Waals surface area contributed by atoms with Crippen LogP contribution in [0.1, 0.15) is 11.1 Å². The lowest BCUT2D eigenvalue weighted by atomic mass is 10.2. The van der Waals surface area contributed by atoms with E-state index in [9.17, 15) is 9.90 Å². The number of aromatic hydroxyl groups is 1. The van der Waals surface area contributed by atoms with Gasteiger partial charge >= 0.3 is 6.03 Å². The van der Waals surface area contributed by atoms with E-state index in [1.807, 2.05) is 25.1 Å². The molecule has 2 rings (SSSR count). The van der Waals surface area contributed by atoms with Crippen molar-refractivity contribution in [2.24, 2.45) is 5.10 Å². The molecule has 120 valence electrons. The number of ether oxygens (including phenoxy) is 1. The molecule has 23 heavy (non-hydrogen) atoms. The first-order valence-electron chi connectivity index (χ1n) is 6.73. The van der Waals surface area contributed by atoms with Crippen LogP contribution in [0.4, 0.5) is 10.5 Å². The average Bonchev–Trinajstić information content (AvgIpc) is 2.53. The lowest BCUT2D eigenvalue weighted by Gasteiger charge is -2.07. The molecule has 2 aromatic rings. The van der Waals surface area contributed by atoms with Crippen LogP contribution in [0.15, 0.2) is 41.5 Å². The molecule has 0 saturated carbocycles. The summed E-state index contributed by atoms with van der Waals surface area (Å²) in [6.07, 6.45) is 1.39. The van der Waals surface area contributed by atoms with Gasteiger partial charge in [-0.2, -0.15) is 5.10 Å². The SMILES string of the molecule is COc1cc(C=NNC(=O)Nc2ccccc2C)cc(Cl)c1O. The minimum absolute atomic E-state index is 0.134. The highest BCUT2D eigenvalue weighted by Gasteiger charge is 2.08. The number of carbonyl (C=O) groups excluding carboxylic acids is 1.